The minimum atomic E-state index is -0.395. The number of carbonyl (C=O) groups is 2. The summed E-state index contributed by atoms with van der Waals surface area (Å²) in [5, 5.41) is 0. The molecule has 0 N–H and O–H groups in total. The molecule has 0 atom stereocenters. The minimum absolute atomic E-state index is 0. The van der Waals surface area contributed by atoms with Crippen LogP contribution in [0.3, 0.4) is 0 Å². The fourth-order valence-electron chi connectivity index (χ4n) is 1.31. The van der Waals surface area contributed by atoms with E-state index >= 15 is 0 Å². The van der Waals surface area contributed by atoms with Crippen LogP contribution in [0.5, 0.6) is 0 Å². The fourth-order valence-corrected chi connectivity index (χ4v) is 1.31. The molecule has 0 fully saturated rings. The summed E-state index contributed by atoms with van der Waals surface area (Å²) in [6, 6.07) is 6.23. The van der Waals surface area contributed by atoms with Gasteiger partial charge >= 0.3 is 35.0 Å². The van der Waals surface area contributed by atoms with Crippen LogP contribution in [-0.2, 0) is 9.47 Å². The van der Waals surface area contributed by atoms with Crippen molar-refractivity contribution in [2.75, 3.05) is 0 Å². The van der Waals surface area contributed by atoms with Gasteiger partial charge in [-0.3, -0.25) is 0 Å². The van der Waals surface area contributed by atoms with Gasteiger partial charge in [0, 0.05) is 0 Å². The maximum Gasteiger partial charge on any atom is 2.00 e. The Bertz CT molecular complexity index is 392. The number of hydrogen-bond acceptors (Lipinski definition) is 4. The van der Waals surface area contributed by atoms with Gasteiger partial charge < -0.3 is 12.3 Å². The van der Waals surface area contributed by atoms with Crippen LogP contribution < -0.4 is 0 Å². The molecule has 0 heterocycles. The SMILES string of the molecule is CC(C)OC(=O)c1ccc(C(=O)OC(C)C)cc1.[H-].[H-].[Mg+2]. The molecule has 0 bridgehead atoms. The molecule has 0 aliphatic heterocycles. The van der Waals surface area contributed by atoms with E-state index in [-0.39, 0.29) is 38.1 Å². The zero-order chi connectivity index (χ0) is 13.7. The predicted molar refractivity (Wildman–Crippen MR) is 75.5 cm³/mol. The Hall–Kier alpha value is -1.07. The van der Waals surface area contributed by atoms with Crippen molar-refractivity contribution < 1.29 is 21.9 Å². The van der Waals surface area contributed by atoms with E-state index in [1.54, 1.807) is 52.0 Å². The summed E-state index contributed by atoms with van der Waals surface area (Å²) >= 11 is 0. The van der Waals surface area contributed by atoms with Gasteiger partial charge in [0.05, 0.1) is 23.3 Å². The fraction of sp³-hybridized carbons (Fsp3) is 0.429. The van der Waals surface area contributed by atoms with Gasteiger partial charge in [-0.25, -0.2) is 9.59 Å². The maximum absolute atomic E-state index is 11.6. The van der Waals surface area contributed by atoms with Gasteiger partial charge in [-0.2, -0.15) is 0 Å². The average molecular weight is 277 g/mol. The van der Waals surface area contributed by atoms with Crippen molar-refractivity contribution >= 4 is 35.0 Å². The topological polar surface area (TPSA) is 52.6 Å². The van der Waals surface area contributed by atoms with Crippen LogP contribution in [0.2, 0.25) is 0 Å². The number of benzene rings is 1. The number of carbonyl (C=O) groups excluding carboxylic acids is 2. The van der Waals surface area contributed by atoms with Crippen LogP contribution >= 0.6 is 0 Å². The standard InChI is InChI=1S/C14H18O4.Mg.2H/c1-9(2)17-13(15)11-5-7-12(8-6-11)14(16)18-10(3)4;;;/h5-10H,1-4H3;;;/q;+2;2*-1. The van der Waals surface area contributed by atoms with Crippen molar-refractivity contribution in [2.24, 2.45) is 0 Å². The summed E-state index contributed by atoms with van der Waals surface area (Å²) in [5.74, 6) is -0.789. The van der Waals surface area contributed by atoms with E-state index in [9.17, 15) is 9.59 Å². The molecule has 1 rings (SSSR count). The van der Waals surface area contributed by atoms with E-state index in [4.69, 9.17) is 9.47 Å². The third kappa shape index (κ3) is 6.07. The Labute approximate surface area is 132 Å². The summed E-state index contributed by atoms with van der Waals surface area (Å²) in [5.41, 5.74) is 0.842. The van der Waals surface area contributed by atoms with E-state index in [0.717, 1.165) is 0 Å². The predicted octanol–water partition coefficient (Wildman–Crippen LogP) is 2.66. The number of esters is 2. The van der Waals surface area contributed by atoms with Gasteiger partial charge in [0.25, 0.3) is 0 Å². The van der Waals surface area contributed by atoms with Gasteiger partial charge in [-0.15, -0.1) is 0 Å². The third-order valence-electron chi connectivity index (χ3n) is 2.04. The quantitative estimate of drug-likeness (QED) is 0.627. The average Bonchev–Trinajstić information content (AvgIpc) is 2.27. The van der Waals surface area contributed by atoms with Crippen molar-refractivity contribution in [2.45, 2.75) is 39.9 Å². The molecule has 102 valence electrons. The molecule has 0 aliphatic carbocycles. The van der Waals surface area contributed by atoms with Gasteiger partial charge in [0.1, 0.15) is 0 Å². The van der Waals surface area contributed by atoms with Crippen LogP contribution in [0.4, 0.5) is 0 Å². The van der Waals surface area contributed by atoms with Gasteiger partial charge in [-0.1, -0.05) is 0 Å². The molecule has 4 nitrogen and oxygen atoms in total. The molecule has 1 aromatic carbocycles. The van der Waals surface area contributed by atoms with Crippen LogP contribution in [0.25, 0.3) is 0 Å². The van der Waals surface area contributed by atoms with E-state index in [1.165, 1.54) is 0 Å². The molecule has 0 aromatic heterocycles. The molecule has 0 spiro atoms. The van der Waals surface area contributed by atoms with E-state index in [1.807, 2.05) is 0 Å². The second kappa shape index (κ2) is 8.17. The van der Waals surface area contributed by atoms with Crippen molar-refractivity contribution in [3.05, 3.63) is 35.4 Å². The number of ether oxygens (including phenoxy) is 2. The Kier molecular flexibility index (Phi) is 7.71. The first kappa shape index (κ1) is 17.9. The van der Waals surface area contributed by atoms with Crippen molar-refractivity contribution in [1.29, 1.82) is 0 Å². The van der Waals surface area contributed by atoms with Crippen LogP contribution in [0.15, 0.2) is 24.3 Å². The monoisotopic (exact) mass is 276 g/mol. The molecule has 19 heavy (non-hydrogen) atoms. The summed E-state index contributed by atoms with van der Waals surface area (Å²) in [7, 11) is 0. The first-order chi connectivity index (χ1) is 8.40. The smallest absolute Gasteiger partial charge is 1.00 e. The maximum atomic E-state index is 11.6. The molecule has 0 aliphatic rings. The summed E-state index contributed by atoms with van der Waals surface area (Å²) < 4.78 is 10.1. The normalized spacial score (nSPS) is 10.0. The molecule has 5 heteroatoms. The Morgan fingerprint density at radius 2 is 1.11 bits per heavy atom. The Balaban J connectivity index is -0.00000108. The molecule has 0 unspecified atom stereocenters. The van der Waals surface area contributed by atoms with Crippen molar-refractivity contribution in [3.8, 4) is 0 Å². The zero-order valence-electron chi connectivity index (χ0n) is 13.8. The third-order valence-corrected chi connectivity index (χ3v) is 2.04. The Morgan fingerprint density at radius 3 is 1.32 bits per heavy atom. The molecular formula is C14H20MgO4. The van der Waals surface area contributed by atoms with Crippen LogP contribution in [0.1, 0.15) is 51.3 Å². The first-order valence-corrected chi connectivity index (χ1v) is 5.92. The van der Waals surface area contributed by atoms with Crippen LogP contribution in [0, 0.1) is 0 Å². The molecule has 1 aromatic rings. The van der Waals surface area contributed by atoms with Crippen molar-refractivity contribution in [3.63, 3.8) is 0 Å². The van der Waals surface area contributed by atoms with Crippen LogP contribution in [-0.4, -0.2) is 47.2 Å². The number of hydrogen-bond donors (Lipinski definition) is 0. The second-order valence-corrected chi connectivity index (χ2v) is 4.49. The Morgan fingerprint density at radius 1 is 0.842 bits per heavy atom. The zero-order valence-corrected chi connectivity index (χ0v) is 13.2. The summed E-state index contributed by atoms with van der Waals surface area (Å²) in [4.78, 5) is 23.2. The van der Waals surface area contributed by atoms with Gasteiger partial charge in [-0.05, 0) is 52.0 Å². The van der Waals surface area contributed by atoms with Gasteiger partial charge in [0.15, 0.2) is 0 Å². The van der Waals surface area contributed by atoms with E-state index < -0.39 is 11.9 Å². The first-order valence-electron chi connectivity index (χ1n) is 5.92. The molecular weight excluding hydrogens is 256 g/mol. The minimum Gasteiger partial charge on any atom is -1.00 e. The molecule has 0 saturated heterocycles. The largest absolute Gasteiger partial charge is 2.00 e. The molecule has 0 radical (unpaired) electrons. The second-order valence-electron chi connectivity index (χ2n) is 4.49. The van der Waals surface area contributed by atoms with E-state index in [2.05, 4.69) is 0 Å². The molecule has 0 saturated carbocycles. The van der Waals surface area contributed by atoms with E-state index in [0.29, 0.717) is 11.1 Å². The summed E-state index contributed by atoms with van der Waals surface area (Å²) in [6.45, 7) is 7.14. The molecule has 0 amide bonds. The summed E-state index contributed by atoms with van der Waals surface area (Å²) in [6.07, 6.45) is -0.328. The van der Waals surface area contributed by atoms with Crippen molar-refractivity contribution in [1.82, 2.24) is 0 Å². The number of rotatable bonds is 4. The van der Waals surface area contributed by atoms with Gasteiger partial charge in [0.2, 0.25) is 0 Å².